The average molecular weight is 506 g/mol. The molecule has 37 heavy (non-hydrogen) atoms. The summed E-state index contributed by atoms with van der Waals surface area (Å²) in [5.74, 6) is 0.929. The Balaban J connectivity index is 1.27. The number of rotatable bonds is 9. The van der Waals surface area contributed by atoms with Crippen LogP contribution in [-0.4, -0.2) is 78.8 Å². The summed E-state index contributed by atoms with van der Waals surface area (Å²) in [6, 6.07) is 19.2. The second-order valence-electron chi connectivity index (χ2n) is 11.5. The first kappa shape index (κ1) is 26.2. The summed E-state index contributed by atoms with van der Waals surface area (Å²) < 4.78 is 5.44. The van der Waals surface area contributed by atoms with Crippen LogP contribution in [0.5, 0.6) is 5.75 Å². The van der Waals surface area contributed by atoms with Crippen LogP contribution in [0.2, 0.25) is 0 Å². The number of nitrogens with one attached hydrogen (secondary N) is 1. The predicted octanol–water partition coefficient (Wildman–Crippen LogP) is 3.97. The maximum atomic E-state index is 13.0. The van der Waals surface area contributed by atoms with Crippen LogP contribution < -0.4 is 5.32 Å². The van der Waals surface area contributed by atoms with Crippen molar-refractivity contribution in [3.8, 4) is 5.75 Å². The molecule has 2 heterocycles. The number of morpholine rings is 1. The number of aromatic hydroxyl groups is 1. The molecule has 5 rings (SSSR count). The van der Waals surface area contributed by atoms with E-state index in [-0.39, 0.29) is 17.4 Å². The summed E-state index contributed by atoms with van der Waals surface area (Å²) in [5.41, 5.74) is 2.59. The summed E-state index contributed by atoms with van der Waals surface area (Å²) in [5, 5.41) is 13.7. The van der Waals surface area contributed by atoms with Crippen molar-refractivity contribution in [2.24, 2.45) is 5.92 Å². The highest BCUT2D eigenvalue weighted by Crippen LogP contribution is 2.50. The molecule has 0 spiro atoms. The summed E-state index contributed by atoms with van der Waals surface area (Å²) in [7, 11) is 0. The molecule has 6 heteroatoms. The molecule has 200 valence electrons. The molecule has 0 aromatic heterocycles. The molecule has 4 atom stereocenters. The van der Waals surface area contributed by atoms with Crippen LogP contribution in [0.25, 0.3) is 0 Å². The van der Waals surface area contributed by atoms with E-state index in [2.05, 4.69) is 58.4 Å². The van der Waals surface area contributed by atoms with Gasteiger partial charge in [-0.05, 0) is 67.8 Å². The van der Waals surface area contributed by atoms with Gasteiger partial charge in [0.05, 0.1) is 13.2 Å². The SMILES string of the molecule is CC1CN(CCCc2ccccc2)C2C[C@H](NC(=O)CCN3CCOCC3)CC1(c1cccc(O)c1)C2. The van der Waals surface area contributed by atoms with Crippen molar-refractivity contribution in [2.75, 3.05) is 45.9 Å². The predicted molar refractivity (Wildman–Crippen MR) is 147 cm³/mol. The molecular formula is C31H43N3O3. The fraction of sp³-hybridized carbons (Fsp3) is 0.581. The number of carbonyl (C=O) groups is 1. The zero-order valence-corrected chi connectivity index (χ0v) is 22.3. The van der Waals surface area contributed by atoms with Crippen LogP contribution in [0.15, 0.2) is 54.6 Å². The first-order valence-electron chi connectivity index (χ1n) is 14.2. The minimum Gasteiger partial charge on any atom is -0.508 e. The van der Waals surface area contributed by atoms with E-state index in [0.717, 1.165) is 78.0 Å². The Labute approximate surface area is 222 Å². The van der Waals surface area contributed by atoms with E-state index >= 15 is 0 Å². The minimum atomic E-state index is -0.0280. The summed E-state index contributed by atoms with van der Waals surface area (Å²) in [4.78, 5) is 18.0. The number of ether oxygens (including phenoxy) is 1. The van der Waals surface area contributed by atoms with E-state index in [1.54, 1.807) is 6.07 Å². The fourth-order valence-electron chi connectivity index (χ4n) is 7.03. The minimum absolute atomic E-state index is 0.0280. The van der Waals surface area contributed by atoms with E-state index in [9.17, 15) is 9.90 Å². The molecule has 3 aliphatic rings. The quantitative estimate of drug-likeness (QED) is 0.540. The summed E-state index contributed by atoms with van der Waals surface area (Å²) in [6.45, 7) is 8.65. The monoisotopic (exact) mass is 505 g/mol. The number of hydrogen-bond donors (Lipinski definition) is 2. The zero-order valence-electron chi connectivity index (χ0n) is 22.3. The number of aryl methyl sites for hydroxylation is 1. The zero-order chi connectivity index (χ0) is 25.7. The molecule has 2 aliphatic heterocycles. The number of phenols is 1. The molecule has 2 saturated heterocycles. The van der Waals surface area contributed by atoms with Crippen molar-refractivity contribution in [3.05, 3.63) is 65.7 Å². The van der Waals surface area contributed by atoms with Gasteiger partial charge in [0, 0.05) is 50.1 Å². The third kappa shape index (κ3) is 6.36. The molecule has 2 aromatic rings. The van der Waals surface area contributed by atoms with E-state index in [1.165, 1.54) is 11.1 Å². The van der Waals surface area contributed by atoms with Gasteiger partial charge in [-0.15, -0.1) is 0 Å². The maximum absolute atomic E-state index is 13.0. The Bertz CT molecular complexity index is 1030. The standard InChI is InChI=1S/C31H43N3O3/c1-24-23-34(13-6-9-25-7-3-2-4-8-25)28-20-27(32-30(36)12-14-33-15-17-37-18-16-33)21-31(24,22-28)26-10-5-11-29(35)19-26/h2-5,7-8,10-11,19,24,27-28,35H,6,9,12-18,20-23H2,1H3,(H,32,36)/t24?,27-,28?,31?/m0/s1. The number of likely N-dealkylation sites (tertiary alicyclic amines) is 1. The Hall–Kier alpha value is -2.41. The number of nitrogens with zero attached hydrogens (tertiary/aromatic N) is 2. The molecule has 2 N–H and O–H groups in total. The first-order valence-corrected chi connectivity index (χ1v) is 14.2. The van der Waals surface area contributed by atoms with E-state index in [1.807, 2.05) is 12.1 Å². The van der Waals surface area contributed by atoms with Crippen molar-refractivity contribution in [2.45, 2.75) is 62.9 Å². The molecule has 1 saturated carbocycles. The van der Waals surface area contributed by atoms with Crippen LogP contribution in [0.3, 0.4) is 0 Å². The molecule has 1 amide bonds. The molecule has 2 aromatic carbocycles. The van der Waals surface area contributed by atoms with Crippen LogP contribution >= 0.6 is 0 Å². The Kier molecular flexibility index (Phi) is 8.48. The number of amides is 1. The average Bonchev–Trinajstić information content (AvgIpc) is 2.91. The molecule has 3 fully saturated rings. The number of phenolic OH excluding ortho intramolecular Hbond substituents is 1. The largest absolute Gasteiger partial charge is 0.508 e. The van der Waals surface area contributed by atoms with Gasteiger partial charge in [-0.1, -0.05) is 49.4 Å². The Morgan fingerprint density at radius 2 is 1.89 bits per heavy atom. The van der Waals surface area contributed by atoms with E-state index in [0.29, 0.717) is 24.1 Å². The van der Waals surface area contributed by atoms with Crippen molar-refractivity contribution in [1.29, 1.82) is 0 Å². The van der Waals surface area contributed by atoms with Gasteiger partial charge in [-0.3, -0.25) is 14.6 Å². The smallest absolute Gasteiger partial charge is 0.221 e. The second kappa shape index (κ2) is 12.0. The summed E-state index contributed by atoms with van der Waals surface area (Å²) >= 11 is 0. The van der Waals surface area contributed by atoms with Gasteiger partial charge in [0.1, 0.15) is 5.75 Å². The number of fused-ring (bicyclic) bond motifs is 2. The van der Waals surface area contributed by atoms with Gasteiger partial charge < -0.3 is 15.2 Å². The first-order chi connectivity index (χ1) is 18.0. The molecule has 1 aliphatic carbocycles. The van der Waals surface area contributed by atoms with Gasteiger partial charge in [-0.2, -0.15) is 0 Å². The van der Waals surface area contributed by atoms with Gasteiger partial charge in [0.2, 0.25) is 5.91 Å². The number of benzene rings is 2. The van der Waals surface area contributed by atoms with Gasteiger partial charge in [0.15, 0.2) is 0 Å². The van der Waals surface area contributed by atoms with Crippen LogP contribution in [0, 0.1) is 5.92 Å². The Morgan fingerprint density at radius 1 is 1.08 bits per heavy atom. The van der Waals surface area contributed by atoms with Gasteiger partial charge >= 0.3 is 0 Å². The lowest BCUT2D eigenvalue weighted by atomic mass is 9.57. The van der Waals surface area contributed by atoms with Crippen molar-refractivity contribution in [3.63, 3.8) is 0 Å². The van der Waals surface area contributed by atoms with E-state index in [4.69, 9.17) is 4.74 Å². The third-order valence-electron chi connectivity index (χ3n) is 9.03. The van der Waals surface area contributed by atoms with Gasteiger partial charge in [-0.25, -0.2) is 0 Å². The summed E-state index contributed by atoms with van der Waals surface area (Å²) in [6.07, 6.45) is 5.80. The topological polar surface area (TPSA) is 65.0 Å². The Morgan fingerprint density at radius 3 is 2.68 bits per heavy atom. The lowest BCUT2D eigenvalue weighted by molar-refractivity contribution is -0.123. The molecular weight excluding hydrogens is 462 g/mol. The lowest BCUT2D eigenvalue weighted by Crippen LogP contribution is -2.61. The molecule has 6 nitrogen and oxygen atoms in total. The number of piperidine rings is 1. The van der Waals surface area contributed by atoms with Crippen molar-refractivity contribution >= 4 is 5.91 Å². The van der Waals surface area contributed by atoms with Crippen LogP contribution in [0.1, 0.15) is 50.2 Å². The number of carbonyl (C=O) groups excluding carboxylic acids is 1. The number of hydrogen-bond acceptors (Lipinski definition) is 5. The van der Waals surface area contributed by atoms with Crippen LogP contribution in [0.4, 0.5) is 0 Å². The highest BCUT2D eigenvalue weighted by Gasteiger charge is 2.51. The second-order valence-corrected chi connectivity index (χ2v) is 11.5. The molecule has 2 bridgehead atoms. The third-order valence-corrected chi connectivity index (χ3v) is 9.03. The normalized spacial score (nSPS) is 28.6. The molecule has 0 radical (unpaired) electrons. The van der Waals surface area contributed by atoms with Crippen molar-refractivity contribution in [1.82, 2.24) is 15.1 Å². The fourth-order valence-corrected chi connectivity index (χ4v) is 7.03. The highest BCUT2D eigenvalue weighted by atomic mass is 16.5. The van der Waals surface area contributed by atoms with Crippen LogP contribution in [-0.2, 0) is 21.4 Å². The highest BCUT2D eigenvalue weighted by molar-refractivity contribution is 5.76. The van der Waals surface area contributed by atoms with Gasteiger partial charge in [0.25, 0.3) is 0 Å². The van der Waals surface area contributed by atoms with E-state index < -0.39 is 0 Å². The van der Waals surface area contributed by atoms with Crippen molar-refractivity contribution < 1.29 is 14.6 Å². The lowest BCUT2D eigenvalue weighted by Gasteiger charge is -2.56. The maximum Gasteiger partial charge on any atom is 0.221 e. The molecule has 3 unspecified atom stereocenters.